The number of rotatable bonds is 8. The van der Waals surface area contributed by atoms with Gasteiger partial charge in [-0.3, -0.25) is 0 Å². The predicted molar refractivity (Wildman–Crippen MR) is 125 cm³/mol. The zero-order valence-electron chi connectivity index (χ0n) is 18.0. The van der Waals surface area contributed by atoms with Crippen molar-refractivity contribution in [3.05, 3.63) is 51.4 Å². The Hall–Kier alpha value is -2.45. The molecule has 0 fully saturated rings. The summed E-state index contributed by atoms with van der Waals surface area (Å²) in [5.41, 5.74) is 3.13. The molecule has 1 unspecified atom stereocenters. The second-order valence-corrected chi connectivity index (χ2v) is 8.10. The van der Waals surface area contributed by atoms with Gasteiger partial charge in [-0.15, -0.1) is 11.3 Å². The number of hydrogen-bond donors (Lipinski definition) is 2. The van der Waals surface area contributed by atoms with Crippen molar-refractivity contribution in [2.24, 2.45) is 0 Å². The summed E-state index contributed by atoms with van der Waals surface area (Å²) in [5, 5.41) is 7.20. The van der Waals surface area contributed by atoms with E-state index in [2.05, 4.69) is 41.8 Å². The van der Waals surface area contributed by atoms with Crippen LogP contribution in [0.25, 0.3) is 0 Å². The van der Waals surface area contributed by atoms with Gasteiger partial charge in [-0.05, 0) is 57.5 Å². The summed E-state index contributed by atoms with van der Waals surface area (Å²) < 4.78 is 10.3. The van der Waals surface area contributed by atoms with Crippen LogP contribution in [-0.2, 0) is 9.47 Å². The average Bonchev–Trinajstić information content (AvgIpc) is 3.03. The molecule has 0 amide bonds. The number of anilines is 1. The summed E-state index contributed by atoms with van der Waals surface area (Å²) >= 11 is 6.64. The molecule has 0 aliphatic carbocycles. The minimum Gasteiger partial charge on any atom is -0.462 e. The SMILES string of the molecule is CCOC(=O)c1sc(NC(=S)NC(CC)c2ccc(C)cc2)c(C(=O)OCC)c1C. The summed E-state index contributed by atoms with van der Waals surface area (Å²) in [4.78, 5) is 25.2. The Balaban J connectivity index is 2.27. The minimum absolute atomic E-state index is 0.0160. The molecule has 1 heterocycles. The molecule has 1 aromatic heterocycles. The van der Waals surface area contributed by atoms with Crippen molar-refractivity contribution < 1.29 is 19.1 Å². The Morgan fingerprint density at radius 2 is 1.63 bits per heavy atom. The second-order valence-electron chi connectivity index (χ2n) is 6.67. The van der Waals surface area contributed by atoms with Crippen LogP contribution >= 0.6 is 23.6 Å². The maximum atomic E-state index is 12.5. The molecule has 0 aliphatic rings. The first-order valence-corrected chi connectivity index (χ1v) is 11.2. The largest absolute Gasteiger partial charge is 0.462 e. The van der Waals surface area contributed by atoms with Crippen LogP contribution < -0.4 is 10.6 Å². The molecule has 6 nitrogen and oxygen atoms in total. The van der Waals surface area contributed by atoms with Crippen molar-refractivity contribution in [1.82, 2.24) is 5.32 Å². The van der Waals surface area contributed by atoms with Crippen LogP contribution in [0.2, 0.25) is 0 Å². The molecule has 2 N–H and O–H groups in total. The predicted octanol–water partition coefficient (Wildman–Crippen LogP) is 5.16. The van der Waals surface area contributed by atoms with Gasteiger partial charge < -0.3 is 20.1 Å². The number of hydrogen-bond acceptors (Lipinski definition) is 6. The van der Waals surface area contributed by atoms with Gasteiger partial charge in [-0.1, -0.05) is 36.8 Å². The lowest BCUT2D eigenvalue weighted by Gasteiger charge is -2.20. The van der Waals surface area contributed by atoms with Gasteiger partial charge >= 0.3 is 11.9 Å². The van der Waals surface area contributed by atoms with E-state index in [9.17, 15) is 9.59 Å². The smallest absolute Gasteiger partial charge is 0.348 e. The number of nitrogens with one attached hydrogen (secondary N) is 2. The van der Waals surface area contributed by atoms with Crippen LogP contribution in [0.3, 0.4) is 0 Å². The summed E-state index contributed by atoms with van der Waals surface area (Å²) in [6.45, 7) is 9.77. The van der Waals surface area contributed by atoms with Gasteiger partial charge in [0.1, 0.15) is 9.88 Å². The van der Waals surface area contributed by atoms with Crippen LogP contribution in [0.15, 0.2) is 24.3 Å². The van der Waals surface area contributed by atoms with Crippen molar-refractivity contribution in [3.8, 4) is 0 Å². The monoisotopic (exact) mass is 448 g/mol. The van der Waals surface area contributed by atoms with E-state index in [1.54, 1.807) is 20.8 Å². The van der Waals surface area contributed by atoms with E-state index in [1.165, 1.54) is 5.56 Å². The molecule has 0 radical (unpaired) electrons. The molecule has 0 bridgehead atoms. The lowest BCUT2D eigenvalue weighted by atomic mass is 10.0. The van der Waals surface area contributed by atoms with E-state index in [1.807, 2.05) is 6.92 Å². The molecule has 0 aliphatic heterocycles. The van der Waals surface area contributed by atoms with Crippen LogP contribution in [0.1, 0.15) is 70.0 Å². The number of carbonyl (C=O) groups excluding carboxylic acids is 2. The summed E-state index contributed by atoms with van der Waals surface area (Å²) in [6, 6.07) is 8.27. The van der Waals surface area contributed by atoms with Crippen molar-refractivity contribution >= 4 is 45.6 Å². The topological polar surface area (TPSA) is 76.7 Å². The first-order chi connectivity index (χ1) is 14.3. The maximum absolute atomic E-state index is 12.5. The van der Waals surface area contributed by atoms with E-state index in [-0.39, 0.29) is 19.3 Å². The molecule has 162 valence electrons. The third kappa shape index (κ3) is 5.79. The Morgan fingerprint density at radius 3 is 2.20 bits per heavy atom. The fraction of sp³-hybridized carbons (Fsp3) is 0.409. The number of carbonyl (C=O) groups is 2. The van der Waals surface area contributed by atoms with E-state index in [4.69, 9.17) is 21.7 Å². The number of ether oxygens (including phenoxy) is 2. The molecule has 1 aromatic carbocycles. The second kappa shape index (κ2) is 11.1. The highest BCUT2D eigenvalue weighted by molar-refractivity contribution is 7.80. The van der Waals surface area contributed by atoms with E-state index >= 15 is 0 Å². The van der Waals surface area contributed by atoms with Gasteiger partial charge in [0.25, 0.3) is 0 Å². The highest BCUT2D eigenvalue weighted by atomic mass is 32.1. The molecule has 0 saturated heterocycles. The summed E-state index contributed by atoms with van der Waals surface area (Å²) in [7, 11) is 0. The van der Waals surface area contributed by atoms with Crippen molar-refractivity contribution in [2.75, 3.05) is 18.5 Å². The van der Waals surface area contributed by atoms with E-state index in [0.29, 0.717) is 26.1 Å². The summed E-state index contributed by atoms with van der Waals surface area (Å²) in [6.07, 6.45) is 0.827. The van der Waals surface area contributed by atoms with E-state index < -0.39 is 11.9 Å². The highest BCUT2D eigenvalue weighted by Gasteiger charge is 2.27. The van der Waals surface area contributed by atoms with Gasteiger partial charge in [0.05, 0.1) is 24.8 Å². The van der Waals surface area contributed by atoms with Crippen LogP contribution in [0.5, 0.6) is 0 Å². The quantitative estimate of drug-likeness (QED) is 0.427. The third-order valence-corrected chi connectivity index (χ3v) is 5.91. The zero-order valence-corrected chi connectivity index (χ0v) is 19.6. The van der Waals surface area contributed by atoms with E-state index in [0.717, 1.165) is 23.3 Å². The molecule has 8 heteroatoms. The zero-order chi connectivity index (χ0) is 22.3. The third-order valence-electron chi connectivity index (χ3n) is 4.51. The fourth-order valence-electron chi connectivity index (χ4n) is 2.96. The Kier molecular flexibility index (Phi) is 8.80. The standard InChI is InChI=1S/C22H28N2O4S2/c1-6-16(15-11-9-13(4)10-12-15)23-22(29)24-19-17(20(25)27-7-2)14(5)18(30-19)21(26)28-8-3/h9-12,16H,6-8H2,1-5H3,(H2,23,24,29). The lowest BCUT2D eigenvalue weighted by molar-refractivity contribution is 0.0527. The normalized spacial score (nSPS) is 11.5. The molecule has 0 spiro atoms. The van der Waals surface area contributed by atoms with Crippen molar-refractivity contribution in [1.29, 1.82) is 0 Å². The first kappa shape index (κ1) is 23.8. The molecular weight excluding hydrogens is 420 g/mol. The molecule has 30 heavy (non-hydrogen) atoms. The average molecular weight is 449 g/mol. The van der Waals surface area contributed by atoms with Gasteiger partial charge in [0.15, 0.2) is 5.11 Å². The summed E-state index contributed by atoms with van der Waals surface area (Å²) in [5.74, 6) is -0.971. The first-order valence-electron chi connectivity index (χ1n) is 9.93. The van der Waals surface area contributed by atoms with Gasteiger partial charge in [0.2, 0.25) is 0 Å². The Bertz CT molecular complexity index is 907. The van der Waals surface area contributed by atoms with Crippen molar-refractivity contribution in [2.45, 2.75) is 47.1 Å². The van der Waals surface area contributed by atoms with Crippen LogP contribution in [0.4, 0.5) is 5.00 Å². The lowest BCUT2D eigenvalue weighted by Crippen LogP contribution is -2.32. The van der Waals surface area contributed by atoms with Crippen LogP contribution in [0, 0.1) is 13.8 Å². The molecule has 2 rings (SSSR count). The fourth-order valence-corrected chi connectivity index (χ4v) is 4.36. The molecule has 2 aromatic rings. The number of thiophene rings is 1. The Morgan fingerprint density at radius 1 is 1.03 bits per heavy atom. The number of benzene rings is 1. The number of esters is 2. The van der Waals surface area contributed by atoms with Crippen LogP contribution in [-0.4, -0.2) is 30.3 Å². The number of aryl methyl sites for hydroxylation is 1. The van der Waals surface area contributed by atoms with Gasteiger partial charge in [-0.2, -0.15) is 0 Å². The number of thiocarbonyl (C=S) groups is 1. The van der Waals surface area contributed by atoms with Gasteiger partial charge in [0, 0.05) is 0 Å². The maximum Gasteiger partial charge on any atom is 0.348 e. The minimum atomic E-state index is -0.502. The molecule has 0 saturated carbocycles. The molecule has 1 atom stereocenters. The van der Waals surface area contributed by atoms with Gasteiger partial charge in [-0.25, -0.2) is 9.59 Å². The van der Waals surface area contributed by atoms with Crippen molar-refractivity contribution in [3.63, 3.8) is 0 Å². The highest BCUT2D eigenvalue weighted by Crippen LogP contribution is 2.34. The Labute approximate surface area is 187 Å². The molecular formula is C22H28N2O4S2.